The fourth-order valence-corrected chi connectivity index (χ4v) is 5.45. The van der Waals surface area contributed by atoms with E-state index in [1.54, 1.807) is 37.7 Å². The number of rotatable bonds is 7. The van der Waals surface area contributed by atoms with Gasteiger partial charge >= 0.3 is 0 Å². The van der Waals surface area contributed by atoms with Crippen molar-refractivity contribution in [2.45, 2.75) is 17.0 Å². The SMILES string of the molecule is COC1(N2CCN(CCNS(=O)(=O)c3cccc4cnccc34)CC2)C=CC=CC1. The molecule has 1 fully saturated rings. The highest BCUT2D eigenvalue weighted by Gasteiger charge is 2.36. The zero-order chi connectivity index (χ0) is 21.0. The molecule has 2 heterocycles. The third-order valence-corrected chi connectivity index (χ3v) is 7.44. The summed E-state index contributed by atoms with van der Waals surface area (Å²) in [6.45, 7) is 4.58. The second kappa shape index (κ2) is 8.95. The average Bonchev–Trinajstić information content (AvgIpc) is 2.79. The summed E-state index contributed by atoms with van der Waals surface area (Å²) in [6.07, 6.45) is 12.5. The molecule has 0 bridgehead atoms. The molecule has 7 nitrogen and oxygen atoms in total. The van der Waals surface area contributed by atoms with Crippen LogP contribution in [0.4, 0.5) is 0 Å². The number of nitrogens with zero attached hydrogens (tertiary/aromatic N) is 3. The van der Waals surface area contributed by atoms with E-state index >= 15 is 0 Å². The van der Waals surface area contributed by atoms with E-state index in [2.05, 4.69) is 31.7 Å². The number of hydrogen-bond acceptors (Lipinski definition) is 6. The molecule has 2 aliphatic rings. The van der Waals surface area contributed by atoms with Gasteiger partial charge in [-0.15, -0.1) is 0 Å². The van der Waals surface area contributed by atoms with E-state index in [0.29, 0.717) is 23.4 Å². The fraction of sp³-hybridized carbons (Fsp3) is 0.409. The maximum Gasteiger partial charge on any atom is 0.241 e. The van der Waals surface area contributed by atoms with Gasteiger partial charge < -0.3 is 4.74 Å². The number of ether oxygens (including phenoxy) is 1. The van der Waals surface area contributed by atoms with Gasteiger partial charge in [-0.25, -0.2) is 13.1 Å². The summed E-state index contributed by atoms with van der Waals surface area (Å²) < 4.78 is 34.3. The summed E-state index contributed by atoms with van der Waals surface area (Å²) in [7, 11) is -1.82. The average molecular weight is 429 g/mol. The molecule has 8 heteroatoms. The maximum absolute atomic E-state index is 12.8. The molecule has 160 valence electrons. The van der Waals surface area contributed by atoms with Crippen molar-refractivity contribution in [3.63, 3.8) is 0 Å². The number of piperazine rings is 1. The topological polar surface area (TPSA) is 74.8 Å². The Balaban J connectivity index is 1.32. The molecule has 2 aromatic rings. The summed E-state index contributed by atoms with van der Waals surface area (Å²) in [5.41, 5.74) is -0.356. The van der Waals surface area contributed by atoms with Gasteiger partial charge in [-0.2, -0.15) is 0 Å². The van der Waals surface area contributed by atoms with Crippen LogP contribution in [0.1, 0.15) is 6.42 Å². The minimum atomic E-state index is -3.58. The van der Waals surface area contributed by atoms with Crippen LogP contribution < -0.4 is 4.72 Å². The van der Waals surface area contributed by atoms with Crippen LogP contribution in [0.25, 0.3) is 10.8 Å². The van der Waals surface area contributed by atoms with E-state index < -0.39 is 10.0 Å². The van der Waals surface area contributed by atoms with Crippen LogP contribution in [0, 0.1) is 0 Å². The van der Waals surface area contributed by atoms with Gasteiger partial charge in [0.05, 0.1) is 4.90 Å². The smallest absolute Gasteiger partial charge is 0.241 e. The Morgan fingerprint density at radius 2 is 2.00 bits per heavy atom. The third-order valence-electron chi connectivity index (χ3n) is 5.93. The van der Waals surface area contributed by atoms with Crippen molar-refractivity contribution in [1.82, 2.24) is 19.5 Å². The van der Waals surface area contributed by atoms with Gasteiger partial charge in [0.1, 0.15) is 5.72 Å². The quantitative estimate of drug-likeness (QED) is 0.727. The predicted octanol–water partition coefficient (Wildman–Crippen LogP) is 1.99. The summed E-state index contributed by atoms with van der Waals surface area (Å²) in [4.78, 5) is 9.01. The first kappa shape index (κ1) is 21.1. The number of allylic oxidation sites excluding steroid dienone is 2. The Labute approximate surface area is 178 Å². The van der Waals surface area contributed by atoms with Crippen LogP contribution >= 0.6 is 0 Å². The first-order valence-corrected chi connectivity index (χ1v) is 11.7. The summed E-state index contributed by atoms with van der Waals surface area (Å²) >= 11 is 0. The molecule has 1 aliphatic carbocycles. The molecule has 0 saturated carbocycles. The number of benzene rings is 1. The summed E-state index contributed by atoms with van der Waals surface area (Å²) in [5, 5.41) is 1.50. The van der Waals surface area contributed by atoms with Gasteiger partial charge in [0.2, 0.25) is 10.0 Å². The Hall–Kier alpha value is -2.10. The number of aromatic nitrogens is 1. The predicted molar refractivity (Wildman–Crippen MR) is 118 cm³/mol. The van der Waals surface area contributed by atoms with Crippen molar-refractivity contribution in [3.05, 3.63) is 61.0 Å². The molecule has 1 N–H and O–H groups in total. The van der Waals surface area contributed by atoms with E-state index in [4.69, 9.17) is 4.74 Å². The van der Waals surface area contributed by atoms with Crippen molar-refractivity contribution in [2.75, 3.05) is 46.4 Å². The third kappa shape index (κ3) is 4.33. The summed E-state index contributed by atoms with van der Waals surface area (Å²) in [6, 6.07) is 6.99. The molecule has 0 spiro atoms. The first-order valence-electron chi connectivity index (χ1n) is 10.2. The molecular formula is C22H28N4O3S. The molecule has 1 aromatic heterocycles. The van der Waals surface area contributed by atoms with Crippen LogP contribution in [0.5, 0.6) is 0 Å². The minimum absolute atomic E-state index is 0.298. The molecule has 1 aromatic carbocycles. The highest BCUT2D eigenvalue weighted by molar-refractivity contribution is 7.89. The second-order valence-electron chi connectivity index (χ2n) is 7.62. The van der Waals surface area contributed by atoms with E-state index in [9.17, 15) is 8.42 Å². The van der Waals surface area contributed by atoms with Gasteiger partial charge in [0, 0.05) is 76.0 Å². The lowest BCUT2D eigenvalue weighted by Gasteiger charge is -2.45. The highest BCUT2D eigenvalue weighted by atomic mass is 32.2. The highest BCUT2D eigenvalue weighted by Crippen LogP contribution is 2.27. The Bertz CT molecular complexity index is 1040. The molecule has 30 heavy (non-hydrogen) atoms. The monoisotopic (exact) mass is 428 g/mol. The molecular weight excluding hydrogens is 400 g/mol. The normalized spacial score (nSPS) is 23.2. The van der Waals surface area contributed by atoms with Crippen molar-refractivity contribution in [1.29, 1.82) is 0 Å². The number of fused-ring (bicyclic) bond motifs is 1. The largest absolute Gasteiger partial charge is 0.360 e. The number of sulfonamides is 1. The Kier molecular flexibility index (Phi) is 6.31. The standard InChI is InChI=1S/C22H28N4O3S/c1-29-22(9-3-2-4-10-22)26-16-14-25(15-17-26)13-12-24-30(27,28)21-7-5-6-19-18-23-11-8-20(19)21/h2-9,11,18,24H,10,12-17H2,1H3. The van der Waals surface area contributed by atoms with Crippen LogP contribution in [-0.4, -0.2) is 75.3 Å². The molecule has 1 aliphatic heterocycles. The minimum Gasteiger partial charge on any atom is -0.360 e. The Morgan fingerprint density at radius 1 is 1.17 bits per heavy atom. The first-order chi connectivity index (χ1) is 14.5. The lowest BCUT2D eigenvalue weighted by Crippen LogP contribution is -2.57. The number of hydrogen-bond donors (Lipinski definition) is 1. The van der Waals surface area contributed by atoms with Crippen LogP contribution in [0.2, 0.25) is 0 Å². The molecule has 0 amide bonds. The molecule has 0 radical (unpaired) electrons. The fourth-order valence-electron chi connectivity index (χ4n) is 4.20. The molecule has 1 unspecified atom stereocenters. The number of methoxy groups -OCH3 is 1. The van der Waals surface area contributed by atoms with Gasteiger partial charge in [-0.1, -0.05) is 30.4 Å². The van der Waals surface area contributed by atoms with E-state index in [1.165, 1.54) is 0 Å². The zero-order valence-electron chi connectivity index (χ0n) is 17.2. The van der Waals surface area contributed by atoms with Crippen LogP contribution in [0.3, 0.4) is 0 Å². The van der Waals surface area contributed by atoms with Crippen LogP contribution in [0.15, 0.2) is 65.9 Å². The number of pyridine rings is 1. The van der Waals surface area contributed by atoms with E-state index in [0.717, 1.165) is 38.0 Å². The number of nitrogens with one attached hydrogen (secondary N) is 1. The van der Waals surface area contributed by atoms with Gasteiger partial charge in [0.15, 0.2) is 0 Å². The van der Waals surface area contributed by atoms with E-state index in [1.807, 2.05) is 18.2 Å². The van der Waals surface area contributed by atoms with Crippen molar-refractivity contribution < 1.29 is 13.2 Å². The lowest BCUT2D eigenvalue weighted by atomic mass is 10.0. The van der Waals surface area contributed by atoms with Crippen LogP contribution in [-0.2, 0) is 14.8 Å². The van der Waals surface area contributed by atoms with Crippen molar-refractivity contribution >= 4 is 20.8 Å². The molecule has 1 atom stereocenters. The molecule has 4 rings (SSSR count). The lowest BCUT2D eigenvalue weighted by molar-refractivity contribution is -0.112. The second-order valence-corrected chi connectivity index (χ2v) is 9.36. The van der Waals surface area contributed by atoms with Gasteiger partial charge in [-0.3, -0.25) is 14.8 Å². The van der Waals surface area contributed by atoms with Crippen molar-refractivity contribution in [3.8, 4) is 0 Å². The Morgan fingerprint density at radius 3 is 2.73 bits per heavy atom. The van der Waals surface area contributed by atoms with Crippen molar-refractivity contribution in [2.24, 2.45) is 0 Å². The van der Waals surface area contributed by atoms with Gasteiger partial charge in [0.25, 0.3) is 0 Å². The summed E-state index contributed by atoms with van der Waals surface area (Å²) in [5.74, 6) is 0. The zero-order valence-corrected chi connectivity index (χ0v) is 18.0. The van der Waals surface area contributed by atoms with Gasteiger partial charge in [-0.05, 0) is 18.2 Å². The molecule has 1 saturated heterocycles. The van der Waals surface area contributed by atoms with E-state index in [-0.39, 0.29) is 5.72 Å². The maximum atomic E-state index is 12.8.